The second-order valence-electron chi connectivity index (χ2n) is 4.32. The number of ether oxygens (including phenoxy) is 1. The van der Waals surface area contributed by atoms with Crippen LogP contribution in [0.5, 0.6) is 0 Å². The first-order valence-electron chi connectivity index (χ1n) is 6.35. The van der Waals surface area contributed by atoms with Crippen LogP contribution in [0.1, 0.15) is 32.5 Å². The number of amides is 1. The first-order chi connectivity index (χ1) is 10.0. The highest BCUT2D eigenvalue weighted by molar-refractivity contribution is 9.11. The van der Waals surface area contributed by atoms with Crippen LogP contribution in [-0.4, -0.2) is 18.5 Å². The molecule has 4 nitrogen and oxygen atoms in total. The van der Waals surface area contributed by atoms with Gasteiger partial charge in [-0.3, -0.25) is 4.79 Å². The molecule has 2 aromatic rings. The number of halogens is 1. The van der Waals surface area contributed by atoms with Gasteiger partial charge in [-0.15, -0.1) is 11.3 Å². The van der Waals surface area contributed by atoms with Crippen LogP contribution in [0.2, 0.25) is 0 Å². The van der Waals surface area contributed by atoms with E-state index in [0.717, 1.165) is 9.35 Å². The molecule has 6 heteroatoms. The monoisotopic (exact) mass is 367 g/mol. The number of anilines is 1. The molecule has 0 aliphatic carbocycles. The quantitative estimate of drug-likeness (QED) is 0.821. The molecule has 0 spiro atoms. The molecule has 0 unspecified atom stereocenters. The number of rotatable bonds is 4. The van der Waals surface area contributed by atoms with Gasteiger partial charge in [0.1, 0.15) is 0 Å². The first kappa shape index (κ1) is 15.7. The van der Waals surface area contributed by atoms with Gasteiger partial charge in [-0.05, 0) is 65.7 Å². The lowest BCUT2D eigenvalue weighted by atomic mass is 10.2. The maximum atomic E-state index is 12.1. The van der Waals surface area contributed by atoms with Crippen molar-refractivity contribution in [2.75, 3.05) is 11.9 Å². The Labute approximate surface area is 135 Å². The van der Waals surface area contributed by atoms with Crippen molar-refractivity contribution in [1.82, 2.24) is 0 Å². The zero-order chi connectivity index (χ0) is 15.4. The minimum atomic E-state index is -0.367. The predicted octanol–water partition coefficient (Wildman–Crippen LogP) is 4.25. The number of carbonyl (C=O) groups is 2. The Bertz CT molecular complexity index is 645. The van der Waals surface area contributed by atoms with E-state index in [9.17, 15) is 9.59 Å². The lowest BCUT2D eigenvalue weighted by Crippen LogP contribution is -2.10. The Kier molecular flexibility index (Phi) is 5.14. The summed E-state index contributed by atoms with van der Waals surface area (Å²) in [5.74, 6) is -0.536. The Morgan fingerprint density at radius 2 is 1.95 bits per heavy atom. The second-order valence-corrected chi connectivity index (χ2v) is 6.69. The average Bonchev–Trinajstić information content (AvgIpc) is 2.80. The fourth-order valence-electron chi connectivity index (χ4n) is 1.67. The van der Waals surface area contributed by atoms with E-state index >= 15 is 0 Å². The van der Waals surface area contributed by atoms with Gasteiger partial charge in [0, 0.05) is 5.69 Å². The predicted molar refractivity (Wildman–Crippen MR) is 87.1 cm³/mol. The fraction of sp³-hybridized carbons (Fsp3) is 0.200. The van der Waals surface area contributed by atoms with Crippen LogP contribution in [0, 0.1) is 6.92 Å². The molecule has 2 rings (SSSR count). The molecule has 1 aromatic carbocycles. The normalized spacial score (nSPS) is 10.2. The minimum absolute atomic E-state index is 0.169. The van der Waals surface area contributed by atoms with E-state index < -0.39 is 0 Å². The summed E-state index contributed by atoms with van der Waals surface area (Å²) < 4.78 is 5.85. The zero-order valence-electron chi connectivity index (χ0n) is 11.6. The van der Waals surface area contributed by atoms with Crippen molar-refractivity contribution in [3.05, 3.63) is 50.1 Å². The summed E-state index contributed by atoms with van der Waals surface area (Å²) in [6, 6.07) is 8.45. The molecule has 1 heterocycles. The van der Waals surface area contributed by atoms with Gasteiger partial charge >= 0.3 is 5.97 Å². The lowest BCUT2D eigenvalue weighted by molar-refractivity contribution is 0.0526. The molecule has 0 radical (unpaired) electrons. The molecule has 1 N–H and O–H groups in total. The Morgan fingerprint density at radius 3 is 2.48 bits per heavy atom. The van der Waals surface area contributed by atoms with Gasteiger partial charge in [0.25, 0.3) is 5.91 Å². The second kappa shape index (κ2) is 6.87. The maximum absolute atomic E-state index is 12.1. The van der Waals surface area contributed by atoms with Crippen molar-refractivity contribution in [1.29, 1.82) is 0 Å². The van der Waals surface area contributed by atoms with Crippen molar-refractivity contribution in [3.63, 3.8) is 0 Å². The van der Waals surface area contributed by atoms with Crippen molar-refractivity contribution >= 4 is 44.8 Å². The number of carbonyl (C=O) groups excluding carboxylic acids is 2. The molecule has 0 saturated heterocycles. The van der Waals surface area contributed by atoms with Gasteiger partial charge in [0.05, 0.1) is 20.8 Å². The summed E-state index contributed by atoms with van der Waals surface area (Å²) in [6.45, 7) is 4.03. The number of esters is 1. The number of nitrogens with one attached hydrogen (secondary N) is 1. The van der Waals surface area contributed by atoms with Gasteiger partial charge < -0.3 is 10.1 Å². The van der Waals surface area contributed by atoms with E-state index in [1.54, 1.807) is 31.2 Å². The van der Waals surface area contributed by atoms with Crippen LogP contribution in [0.15, 0.2) is 34.1 Å². The van der Waals surface area contributed by atoms with Crippen molar-refractivity contribution in [2.45, 2.75) is 13.8 Å². The van der Waals surface area contributed by atoms with E-state index in [-0.39, 0.29) is 11.9 Å². The van der Waals surface area contributed by atoms with Crippen LogP contribution in [-0.2, 0) is 4.74 Å². The molecule has 0 aliphatic rings. The molecule has 0 saturated carbocycles. The third kappa shape index (κ3) is 3.92. The molecule has 21 heavy (non-hydrogen) atoms. The van der Waals surface area contributed by atoms with Crippen LogP contribution in [0.25, 0.3) is 0 Å². The molecule has 1 amide bonds. The van der Waals surface area contributed by atoms with Crippen LogP contribution >= 0.6 is 27.3 Å². The zero-order valence-corrected chi connectivity index (χ0v) is 14.0. The molecule has 0 atom stereocenters. The third-order valence-electron chi connectivity index (χ3n) is 2.73. The van der Waals surface area contributed by atoms with Gasteiger partial charge in [0.15, 0.2) is 0 Å². The Morgan fingerprint density at radius 1 is 1.29 bits per heavy atom. The topological polar surface area (TPSA) is 55.4 Å². The molecule has 0 aliphatic heterocycles. The van der Waals surface area contributed by atoms with E-state index in [1.807, 2.05) is 13.0 Å². The van der Waals surface area contributed by atoms with Gasteiger partial charge in [-0.25, -0.2) is 4.79 Å². The molecule has 110 valence electrons. The largest absolute Gasteiger partial charge is 0.462 e. The fourth-order valence-corrected chi connectivity index (χ4v) is 3.10. The summed E-state index contributed by atoms with van der Waals surface area (Å²) in [5, 5.41) is 2.80. The average molecular weight is 368 g/mol. The molecule has 0 bridgehead atoms. The molecular weight excluding hydrogens is 354 g/mol. The van der Waals surface area contributed by atoms with E-state index in [4.69, 9.17) is 4.74 Å². The molecule has 1 aromatic heterocycles. The summed E-state index contributed by atoms with van der Waals surface area (Å²) >= 11 is 4.78. The standard InChI is InChI=1S/C15H14BrNO3S/c1-3-20-15(19)10-4-6-11(7-5-10)17-14(18)12-8-9(2)13(16)21-12/h4-8H,3H2,1-2H3,(H,17,18). The number of hydrogen-bond donors (Lipinski definition) is 1. The summed E-state index contributed by atoms with van der Waals surface area (Å²) in [6.07, 6.45) is 0. The number of aryl methyl sites for hydroxylation is 1. The van der Waals surface area contributed by atoms with Crippen molar-refractivity contribution in [3.8, 4) is 0 Å². The highest BCUT2D eigenvalue weighted by atomic mass is 79.9. The maximum Gasteiger partial charge on any atom is 0.338 e. The van der Waals surface area contributed by atoms with Gasteiger partial charge in [-0.2, -0.15) is 0 Å². The highest BCUT2D eigenvalue weighted by Crippen LogP contribution is 2.27. The van der Waals surface area contributed by atoms with Crippen LogP contribution < -0.4 is 5.32 Å². The molecular formula is C15H14BrNO3S. The SMILES string of the molecule is CCOC(=O)c1ccc(NC(=O)c2cc(C)c(Br)s2)cc1. The number of benzene rings is 1. The number of hydrogen-bond acceptors (Lipinski definition) is 4. The number of thiophene rings is 1. The summed E-state index contributed by atoms with van der Waals surface area (Å²) in [5.41, 5.74) is 2.13. The Hall–Kier alpha value is -1.66. The van der Waals surface area contributed by atoms with E-state index in [2.05, 4.69) is 21.2 Å². The Balaban J connectivity index is 2.06. The first-order valence-corrected chi connectivity index (χ1v) is 7.96. The van der Waals surface area contributed by atoms with Crippen molar-refractivity contribution in [2.24, 2.45) is 0 Å². The van der Waals surface area contributed by atoms with Crippen molar-refractivity contribution < 1.29 is 14.3 Å². The highest BCUT2D eigenvalue weighted by Gasteiger charge is 2.12. The summed E-state index contributed by atoms with van der Waals surface area (Å²) in [4.78, 5) is 24.2. The van der Waals surface area contributed by atoms with Gasteiger partial charge in [-0.1, -0.05) is 0 Å². The van der Waals surface area contributed by atoms with E-state index in [1.165, 1.54) is 11.3 Å². The minimum Gasteiger partial charge on any atom is -0.462 e. The van der Waals surface area contributed by atoms with Crippen LogP contribution in [0.3, 0.4) is 0 Å². The molecule has 0 fully saturated rings. The van der Waals surface area contributed by atoms with Gasteiger partial charge in [0.2, 0.25) is 0 Å². The third-order valence-corrected chi connectivity index (χ3v) is 4.87. The summed E-state index contributed by atoms with van der Waals surface area (Å²) in [7, 11) is 0. The van der Waals surface area contributed by atoms with Crippen LogP contribution in [0.4, 0.5) is 5.69 Å². The van der Waals surface area contributed by atoms with E-state index in [0.29, 0.717) is 22.7 Å². The smallest absolute Gasteiger partial charge is 0.338 e. The lowest BCUT2D eigenvalue weighted by Gasteiger charge is -2.05.